The molecule has 14 nitrogen and oxygen atoms in total. The Bertz CT molecular complexity index is 1580. The number of hydrogen-bond donors (Lipinski definition) is 6. The number of benzene rings is 2. The van der Waals surface area contributed by atoms with E-state index < -0.39 is 11.8 Å². The third kappa shape index (κ3) is 10.7. The Balaban J connectivity index is 1.12. The lowest BCUT2D eigenvalue weighted by atomic mass is 10.2. The zero-order chi connectivity index (χ0) is 36.2. The van der Waals surface area contributed by atoms with Crippen LogP contribution in [-0.4, -0.2) is 77.2 Å². The van der Waals surface area contributed by atoms with Gasteiger partial charge in [-0.05, 0) is 74.2 Å². The van der Waals surface area contributed by atoms with Gasteiger partial charge in [-0.15, -0.1) is 0 Å². The van der Waals surface area contributed by atoms with Crippen LogP contribution >= 0.6 is 48.0 Å². The van der Waals surface area contributed by atoms with Gasteiger partial charge in [0.15, 0.2) is 0 Å². The third-order valence-electron chi connectivity index (χ3n) is 7.37. The summed E-state index contributed by atoms with van der Waals surface area (Å²) in [5.74, 6) is -2.45. The monoisotopic (exact) mass is 758 g/mol. The van der Waals surface area contributed by atoms with Crippen LogP contribution in [0.1, 0.15) is 72.1 Å². The molecule has 0 atom stereocenters. The summed E-state index contributed by atoms with van der Waals surface area (Å²) in [4.78, 5) is 78.1. The lowest BCUT2D eigenvalue weighted by Gasteiger charge is -2.14. The van der Waals surface area contributed by atoms with E-state index >= 15 is 0 Å². The number of thiocarbonyl (C=S) groups is 2. The summed E-state index contributed by atoms with van der Waals surface area (Å²) in [6.45, 7) is 0.642. The average Bonchev–Trinajstić information content (AvgIpc) is 3.54. The maximum absolute atomic E-state index is 13.2. The van der Waals surface area contributed by atoms with Crippen molar-refractivity contribution in [3.8, 4) is 11.5 Å². The molecule has 0 spiro atoms. The van der Waals surface area contributed by atoms with Crippen LogP contribution in [0.15, 0.2) is 58.3 Å². The Hall–Kier alpha value is -4.52. The molecule has 6 amide bonds. The molecule has 2 aliphatic rings. The lowest BCUT2D eigenvalue weighted by molar-refractivity contribution is -0.124. The Morgan fingerprint density at radius 2 is 0.920 bits per heavy atom. The first-order valence-corrected chi connectivity index (χ1v) is 18.0. The van der Waals surface area contributed by atoms with E-state index in [1.54, 1.807) is 0 Å². The second kappa shape index (κ2) is 18.5. The SMILES string of the molecule is O=C(CCCCCN1C(=O)C(=C2SC(=S)N(CCCCCC(=O)NNC(=O)c3ccc(O)cc3)C2=O)SC1=S)NNC(=O)c1ccc(O)cc1. The number of hydrogen-bond acceptors (Lipinski definition) is 12. The number of phenols is 2. The summed E-state index contributed by atoms with van der Waals surface area (Å²) in [5, 5.41) is 18.6. The molecule has 0 saturated carbocycles. The first kappa shape index (κ1) is 38.3. The Morgan fingerprint density at radius 3 is 1.28 bits per heavy atom. The fourth-order valence-corrected chi connectivity index (χ4v) is 7.44. The smallest absolute Gasteiger partial charge is 0.269 e. The van der Waals surface area contributed by atoms with Crippen LogP contribution in [0.25, 0.3) is 0 Å². The quantitative estimate of drug-likeness (QED) is 0.0713. The van der Waals surface area contributed by atoms with E-state index in [0.717, 1.165) is 23.5 Å². The van der Waals surface area contributed by atoms with Gasteiger partial charge in [-0.25, -0.2) is 0 Å². The van der Waals surface area contributed by atoms with Gasteiger partial charge in [0.1, 0.15) is 20.1 Å². The Morgan fingerprint density at radius 1 is 0.560 bits per heavy atom. The van der Waals surface area contributed by atoms with Crippen molar-refractivity contribution in [3.63, 3.8) is 0 Å². The van der Waals surface area contributed by atoms with Gasteiger partial charge in [-0.2, -0.15) is 0 Å². The number of carbonyl (C=O) groups excluding carboxylic acids is 6. The summed E-state index contributed by atoms with van der Waals surface area (Å²) in [6.07, 6.45) is 3.70. The molecule has 18 heteroatoms. The van der Waals surface area contributed by atoms with E-state index in [-0.39, 0.29) is 68.9 Å². The molecule has 2 aliphatic heterocycles. The van der Waals surface area contributed by atoms with Gasteiger partial charge in [0.2, 0.25) is 11.8 Å². The lowest BCUT2D eigenvalue weighted by Crippen LogP contribution is -2.41. The summed E-state index contributed by atoms with van der Waals surface area (Å²) in [6, 6.07) is 11.2. The van der Waals surface area contributed by atoms with Crippen LogP contribution in [-0.2, 0) is 19.2 Å². The van der Waals surface area contributed by atoms with Crippen LogP contribution in [0.2, 0.25) is 0 Å². The topological polar surface area (TPSA) is 197 Å². The zero-order valence-corrected chi connectivity index (χ0v) is 29.8. The maximum Gasteiger partial charge on any atom is 0.269 e. The maximum atomic E-state index is 13.2. The standard InChI is InChI=1S/C32H34N6O8S4/c39-21-13-9-19(10-14-21)27(43)35-33-23(41)7-3-1-5-17-37-29(45)25(49-31(37)47)26-30(46)38(32(48)50-26)18-6-2-4-8-24(42)34-36-28(44)20-11-15-22(40)16-12-20/h9-16,39-40H,1-8,17-18H2,(H,33,41)(H,34,42)(H,35,43)(H,36,44). The number of nitrogens with zero attached hydrogens (tertiary/aromatic N) is 2. The normalized spacial score (nSPS) is 15.8. The molecule has 2 fully saturated rings. The minimum Gasteiger partial charge on any atom is -0.508 e. The minimum absolute atomic E-state index is 0.0232. The van der Waals surface area contributed by atoms with E-state index in [9.17, 15) is 39.0 Å². The van der Waals surface area contributed by atoms with E-state index in [4.69, 9.17) is 24.4 Å². The second-order valence-electron chi connectivity index (χ2n) is 11.0. The van der Waals surface area contributed by atoms with E-state index in [2.05, 4.69) is 21.7 Å². The molecule has 50 heavy (non-hydrogen) atoms. The number of hydrazine groups is 2. The number of amides is 6. The number of nitrogens with one attached hydrogen (secondary N) is 4. The number of rotatable bonds is 14. The second-order valence-corrected chi connectivity index (χ2v) is 14.3. The molecular formula is C32H34N6O8S4. The van der Waals surface area contributed by atoms with Crippen molar-refractivity contribution in [1.82, 2.24) is 31.5 Å². The van der Waals surface area contributed by atoms with Crippen LogP contribution in [0.4, 0.5) is 0 Å². The molecule has 4 rings (SSSR count). The molecule has 2 saturated heterocycles. The van der Waals surface area contributed by atoms with Crippen molar-refractivity contribution >= 4 is 92.0 Å². The highest BCUT2D eigenvalue weighted by atomic mass is 32.2. The average molecular weight is 759 g/mol. The molecule has 0 aliphatic carbocycles. The fraction of sp³-hybridized carbons (Fsp3) is 0.312. The molecule has 2 heterocycles. The summed E-state index contributed by atoms with van der Waals surface area (Å²) in [7, 11) is 0. The summed E-state index contributed by atoms with van der Waals surface area (Å²) >= 11 is 13.0. The van der Waals surface area contributed by atoms with Gasteiger partial charge in [-0.3, -0.25) is 60.3 Å². The number of phenolic OH excluding ortho intramolecular Hbond substituents is 2. The molecule has 2 aromatic carbocycles. The van der Waals surface area contributed by atoms with E-state index in [0.29, 0.717) is 60.3 Å². The van der Waals surface area contributed by atoms with Gasteiger partial charge in [-0.1, -0.05) is 60.8 Å². The molecule has 264 valence electrons. The summed E-state index contributed by atoms with van der Waals surface area (Å²) < 4.78 is 0.671. The van der Waals surface area contributed by atoms with Crippen LogP contribution in [0, 0.1) is 0 Å². The van der Waals surface area contributed by atoms with Crippen molar-refractivity contribution in [3.05, 3.63) is 69.5 Å². The first-order chi connectivity index (χ1) is 23.9. The molecule has 0 bridgehead atoms. The number of thioether (sulfide) groups is 2. The first-order valence-electron chi connectivity index (χ1n) is 15.5. The molecule has 6 N–H and O–H groups in total. The van der Waals surface area contributed by atoms with Crippen LogP contribution in [0.3, 0.4) is 0 Å². The Kier molecular flexibility index (Phi) is 14.1. The third-order valence-corrected chi connectivity index (χ3v) is 10.4. The molecule has 2 aromatic rings. The number of unbranched alkanes of at least 4 members (excludes halogenated alkanes) is 4. The van der Waals surface area contributed by atoms with Gasteiger partial charge < -0.3 is 10.2 Å². The van der Waals surface area contributed by atoms with Crippen molar-refractivity contribution in [2.45, 2.75) is 51.4 Å². The highest BCUT2D eigenvalue weighted by Gasteiger charge is 2.41. The van der Waals surface area contributed by atoms with Crippen molar-refractivity contribution < 1.29 is 39.0 Å². The fourth-order valence-electron chi connectivity index (χ4n) is 4.67. The highest BCUT2D eigenvalue weighted by molar-refractivity contribution is 8.29. The Labute approximate surface area is 306 Å². The molecule has 0 aromatic heterocycles. The van der Waals surface area contributed by atoms with Crippen LogP contribution < -0.4 is 21.7 Å². The van der Waals surface area contributed by atoms with Gasteiger partial charge in [0.25, 0.3) is 23.6 Å². The molecule has 0 unspecified atom stereocenters. The van der Waals surface area contributed by atoms with Gasteiger partial charge >= 0.3 is 0 Å². The predicted molar refractivity (Wildman–Crippen MR) is 195 cm³/mol. The largest absolute Gasteiger partial charge is 0.508 e. The predicted octanol–water partition coefficient (Wildman–Crippen LogP) is 3.37. The van der Waals surface area contributed by atoms with Crippen molar-refractivity contribution in [2.24, 2.45) is 0 Å². The van der Waals surface area contributed by atoms with Crippen molar-refractivity contribution in [1.29, 1.82) is 0 Å². The van der Waals surface area contributed by atoms with Gasteiger partial charge in [0.05, 0.1) is 9.81 Å². The molecule has 0 radical (unpaired) electrons. The van der Waals surface area contributed by atoms with E-state index in [1.165, 1.54) is 58.3 Å². The number of carbonyl (C=O) groups is 6. The minimum atomic E-state index is -0.514. The summed E-state index contributed by atoms with van der Waals surface area (Å²) in [5.41, 5.74) is 9.89. The van der Waals surface area contributed by atoms with Crippen molar-refractivity contribution in [2.75, 3.05) is 13.1 Å². The van der Waals surface area contributed by atoms with E-state index in [1.807, 2.05) is 0 Å². The highest BCUT2D eigenvalue weighted by Crippen LogP contribution is 2.42. The zero-order valence-electron chi connectivity index (χ0n) is 26.6. The molecular weight excluding hydrogens is 725 g/mol. The number of aromatic hydroxyl groups is 2. The van der Waals surface area contributed by atoms with Gasteiger partial charge in [0, 0.05) is 37.1 Å². The van der Waals surface area contributed by atoms with Crippen LogP contribution in [0.5, 0.6) is 11.5 Å².